The maximum absolute atomic E-state index is 4.64. The van der Waals surface area contributed by atoms with Crippen LogP contribution in [0.15, 0.2) is 17.9 Å². The first-order valence-corrected chi connectivity index (χ1v) is 9.10. The Morgan fingerprint density at radius 3 is 2.74 bits per heavy atom. The number of hydrogen-bond donors (Lipinski definition) is 0. The topological polar surface area (TPSA) is 48.4 Å². The third kappa shape index (κ3) is 3.03. The van der Waals surface area contributed by atoms with Gasteiger partial charge in [-0.2, -0.15) is 0 Å². The Hall–Kier alpha value is -1.73. The number of fused-ring (bicyclic) bond motifs is 1. The maximum Gasteiger partial charge on any atom is 0.185 e. The standard InChI is InChI=1S/C16H22N6S/c1-20-7-3-14-13(11-20)15(19-12-18-14)21-5-2-6-22(9-8-21)16-17-4-10-23-16/h4,10,12H,2-3,5-9,11H2,1H3. The molecule has 0 aromatic carbocycles. The van der Waals surface area contributed by atoms with Crippen molar-refractivity contribution in [3.8, 4) is 0 Å². The van der Waals surface area contributed by atoms with Crippen molar-refractivity contribution in [1.82, 2.24) is 19.9 Å². The molecule has 0 aliphatic carbocycles. The highest BCUT2D eigenvalue weighted by Crippen LogP contribution is 2.27. The van der Waals surface area contributed by atoms with Crippen molar-refractivity contribution in [2.45, 2.75) is 19.4 Å². The lowest BCUT2D eigenvalue weighted by Gasteiger charge is -2.30. The van der Waals surface area contributed by atoms with Gasteiger partial charge in [0.1, 0.15) is 12.1 Å². The molecular formula is C16H22N6S. The van der Waals surface area contributed by atoms with Crippen LogP contribution in [0.25, 0.3) is 0 Å². The van der Waals surface area contributed by atoms with Crippen LogP contribution in [0.1, 0.15) is 17.7 Å². The summed E-state index contributed by atoms with van der Waals surface area (Å²) in [6.45, 7) is 6.15. The summed E-state index contributed by atoms with van der Waals surface area (Å²) in [4.78, 5) is 20.8. The summed E-state index contributed by atoms with van der Waals surface area (Å²) in [5, 5.41) is 3.19. The number of thiazole rings is 1. The monoisotopic (exact) mass is 330 g/mol. The van der Waals surface area contributed by atoms with Gasteiger partial charge in [0.15, 0.2) is 5.13 Å². The fourth-order valence-electron chi connectivity index (χ4n) is 3.43. The van der Waals surface area contributed by atoms with Gasteiger partial charge in [-0.25, -0.2) is 15.0 Å². The van der Waals surface area contributed by atoms with Crippen molar-refractivity contribution in [2.24, 2.45) is 0 Å². The predicted octanol–water partition coefficient (Wildman–Crippen LogP) is 1.64. The van der Waals surface area contributed by atoms with E-state index in [1.807, 2.05) is 6.20 Å². The van der Waals surface area contributed by atoms with Crippen molar-refractivity contribution in [2.75, 3.05) is 49.6 Å². The van der Waals surface area contributed by atoms with E-state index in [0.29, 0.717) is 0 Å². The second-order valence-electron chi connectivity index (χ2n) is 6.25. The first kappa shape index (κ1) is 14.8. The summed E-state index contributed by atoms with van der Waals surface area (Å²) >= 11 is 1.72. The average molecular weight is 330 g/mol. The van der Waals surface area contributed by atoms with Crippen molar-refractivity contribution in [3.63, 3.8) is 0 Å². The molecule has 7 heteroatoms. The van der Waals surface area contributed by atoms with Crippen LogP contribution >= 0.6 is 11.3 Å². The quantitative estimate of drug-likeness (QED) is 0.834. The lowest BCUT2D eigenvalue weighted by Crippen LogP contribution is -2.34. The average Bonchev–Trinajstić information content (AvgIpc) is 2.99. The first-order chi connectivity index (χ1) is 11.3. The van der Waals surface area contributed by atoms with Gasteiger partial charge >= 0.3 is 0 Å². The highest BCUT2D eigenvalue weighted by atomic mass is 32.1. The number of hydrogen-bond acceptors (Lipinski definition) is 7. The molecule has 122 valence electrons. The molecule has 23 heavy (non-hydrogen) atoms. The molecule has 2 aliphatic rings. The van der Waals surface area contributed by atoms with Crippen LogP contribution in [0.4, 0.5) is 10.9 Å². The number of likely N-dealkylation sites (N-methyl/N-ethyl adjacent to an activating group) is 1. The number of rotatable bonds is 2. The molecule has 4 heterocycles. The number of aromatic nitrogens is 3. The molecule has 0 bridgehead atoms. The molecule has 0 amide bonds. The van der Waals surface area contributed by atoms with Crippen LogP contribution < -0.4 is 9.80 Å². The summed E-state index contributed by atoms with van der Waals surface area (Å²) in [5.74, 6) is 1.14. The van der Waals surface area contributed by atoms with E-state index in [0.717, 1.165) is 63.1 Å². The van der Waals surface area contributed by atoms with E-state index < -0.39 is 0 Å². The third-order valence-corrected chi connectivity index (χ3v) is 5.49. The van der Waals surface area contributed by atoms with E-state index in [2.05, 4.69) is 42.1 Å². The highest BCUT2D eigenvalue weighted by Gasteiger charge is 2.24. The van der Waals surface area contributed by atoms with E-state index in [4.69, 9.17) is 0 Å². The van der Waals surface area contributed by atoms with Gasteiger partial charge in [0, 0.05) is 62.8 Å². The Bertz CT molecular complexity index is 659. The van der Waals surface area contributed by atoms with Crippen LogP contribution in [-0.4, -0.2) is 59.6 Å². The fraction of sp³-hybridized carbons (Fsp3) is 0.562. The van der Waals surface area contributed by atoms with Crippen molar-refractivity contribution < 1.29 is 0 Å². The summed E-state index contributed by atoms with van der Waals surface area (Å²) in [6, 6.07) is 0. The minimum atomic E-state index is 0.957. The normalized spacial score (nSPS) is 19.5. The summed E-state index contributed by atoms with van der Waals surface area (Å²) in [7, 11) is 2.17. The third-order valence-electron chi connectivity index (χ3n) is 4.66. The molecule has 1 fully saturated rings. The first-order valence-electron chi connectivity index (χ1n) is 8.22. The van der Waals surface area contributed by atoms with Gasteiger partial charge in [0.25, 0.3) is 0 Å². The zero-order valence-corrected chi connectivity index (χ0v) is 14.3. The van der Waals surface area contributed by atoms with E-state index in [9.17, 15) is 0 Å². The van der Waals surface area contributed by atoms with Gasteiger partial charge in [-0.3, -0.25) is 0 Å². The van der Waals surface area contributed by atoms with Gasteiger partial charge in [0.05, 0.1) is 5.69 Å². The minimum absolute atomic E-state index is 0.957. The van der Waals surface area contributed by atoms with Crippen LogP contribution in [0.5, 0.6) is 0 Å². The Labute approximate surface area is 140 Å². The smallest absolute Gasteiger partial charge is 0.185 e. The van der Waals surface area contributed by atoms with Crippen LogP contribution in [-0.2, 0) is 13.0 Å². The minimum Gasteiger partial charge on any atom is -0.354 e. The molecule has 0 saturated carbocycles. The second-order valence-corrected chi connectivity index (χ2v) is 7.13. The molecule has 0 unspecified atom stereocenters. The van der Waals surface area contributed by atoms with Gasteiger partial charge < -0.3 is 14.7 Å². The molecule has 2 aromatic rings. The molecule has 4 rings (SSSR count). The summed E-state index contributed by atoms with van der Waals surface area (Å²) < 4.78 is 0. The van der Waals surface area contributed by atoms with Gasteiger partial charge in [-0.05, 0) is 13.5 Å². The molecule has 2 aromatic heterocycles. The van der Waals surface area contributed by atoms with E-state index >= 15 is 0 Å². The zero-order chi connectivity index (χ0) is 15.6. The molecule has 1 saturated heterocycles. The summed E-state index contributed by atoms with van der Waals surface area (Å²) in [6.07, 6.45) is 5.79. The summed E-state index contributed by atoms with van der Waals surface area (Å²) in [5.41, 5.74) is 2.55. The maximum atomic E-state index is 4.64. The van der Waals surface area contributed by atoms with Crippen LogP contribution in [0.2, 0.25) is 0 Å². The van der Waals surface area contributed by atoms with E-state index in [1.165, 1.54) is 11.3 Å². The Kier molecular flexibility index (Phi) is 4.13. The molecule has 2 aliphatic heterocycles. The lowest BCUT2D eigenvalue weighted by atomic mass is 10.1. The Morgan fingerprint density at radius 2 is 1.87 bits per heavy atom. The SMILES string of the molecule is CN1CCc2ncnc(N3CCCN(c4nccs4)CC3)c2C1. The highest BCUT2D eigenvalue weighted by molar-refractivity contribution is 7.13. The molecule has 0 radical (unpaired) electrons. The molecule has 0 atom stereocenters. The molecule has 6 nitrogen and oxygen atoms in total. The molecule has 0 N–H and O–H groups in total. The van der Waals surface area contributed by atoms with Crippen molar-refractivity contribution in [3.05, 3.63) is 29.2 Å². The predicted molar refractivity (Wildman–Crippen MR) is 93.2 cm³/mol. The Morgan fingerprint density at radius 1 is 1.00 bits per heavy atom. The second kappa shape index (κ2) is 6.41. The van der Waals surface area contributed by atoms with Gasteiger partial charge in [0.2, 0.25) is 0 Å². The molecule has 0 spiro atoms. The lowest BCUT2D eigenvalue weighted by molar-refractivity contribution is 0.309. The Balaban J connectivity index is 1.55. The number of nitrogens with zero attached hydrogens (tertiary/aromatic N) is 6. The van der Waals surface area contributed by atoms with Crippen molar-refractivity contribution in [1.29, 1.82) is 0 Å². The number of anilines is 2. The van der Waals surface area contributed by atoms with Crippen molar-refractivity contribution >= 4 is 22.3 Å². The van der Waals surface area contributed by atoms with Gasteiger partial charge in [-0.1, -0.05) is 0 Å². The fourth-order valence-corrected chi connectivity index (χ4v) is 4.12. The van der Waals surface area contributed by atoms with E-state index in [-0.39, 0.29) is 0 Å². The van der Waals surface area contributed by atoms with Crippen LogP contribution in [0, 0.1) is 0 Å². The van der Waals surface area contributed by atoms with E-state index in [1.54, 1.807) is 17.7 Å². The largest absolute Gasteiger partial charge is 0.354 e. The van der Waals surface area contributed by atoms with Crippen LogP contribution in [0.3, 0.4) is 0 Å². The van der Waals surface area contributed by atoms with Gasteiger partial charge in [-0.15, -0.1) is 11.3 Å². The zero-order valence-electron chi connectivity index (χ0n) is 13.5. The molecular weight excluding hydrogens is 308 g/mol.